The van der Waals surface area contributed by atoms with Crippen molar-refractivity contribution in [1.29, 1.82) is 0 Å². The second kappa shape index (κ2) is 7.63. The number of methoxy groups -OCH3 is 1. The molecule has 0 heterocycles. The van der Waals surface area contributed by atoms with Gasteiger partial charge in [0.25, 0.3) is 5.91 Å². The van der Waals surface area contributed by atoms with Gasteiger partial charge in [-0.3, -0.25) is 9.59 Å². The molecular formula is C13H14BrNO6. The van der Waals surface area contributed by atoms with E-state index in [9.17, 15) is 14.4 Å². The van der Waals surface area contributed by atoms with Gasteiger partial charge in [0.2, 0.25) is 0 Å². The summed E-state index contributed by atoms with van der Waals surface area (Å²) in [5.74, 6) is -2.60. The molecule has 0 bridgehead atoms. The molecule has 0 saturated carbocycles. The Morgan fingerprint density at radius 1 is 1.33 bits per heavy atom. The number of rotatable bonds is 7. The molecule has 1 atom stereocenters. The molecule has 0 radical (unpaired) electrons. The Labute approximate surface area is 129 Å². The van der Waals surface area contributed by atoms with Crippen molar-refractivity contribution in [2.45, 2.75) is 18.9 Å². The van der Waals surface area contributed by atoms with Crippen molar-refractivity contribution in [3.05, 3.63) is 28.2 Å². The molecule has 1 amide bonds. The van der Waals surface area contributed by atoms with Gasteiger partial charge in [-0.05, 0) is 40.5 Å². The highest BCUT2D eigenvalue weighted by molar-refractivity contribution is 9.10. The highest BCUT2D eigenvalue weighted by Gasteiger charge is 2.22. The number of hydrogen-bond donors (Lipinski definition) is 3. The number of carbonyl (C=O) groups is 3. The first kappa shape index (κ1) is 17.0. The second-order valence-corrected chi connectivity index (χ2v) is 5.00. The standard InChI is InChI=1S/C13H14BrNO6/c1-21-7-2-3-9(14)8(6-7)12(18)15-10(13(19)20)4-5-11(16)17/h2-3,6,10H,4-5H2,1H3,(H,15,18)(H,16,17)(H,19,20)/t10-/m0/s1. The molecule has 1 aromatic rings. The first-order valence-corrected chi connectivity index (χ1v) is 6.73. The van der Waals surface area contributed by atoms with Crippen LogP contribution in [0.2, 0.25) is 0 Å². The predicted molar refractivity (Wildman–Crippen MR) is 76.5 cm³/mol. The number of aliphatic carboxylic acids is 2. The number of carboxylic acid groups (broad SMARTS) is 2. The van der Waals surface area contributed by atoms with Crippen molar-refractivity contribution in [1.82, 2.24) is 5.32 Å². The van der Waals surface area contributed by atoms with E-state index in [1.807, 2.05) is 0 Å². The highest BCUT2D eigenvalue weighted by Crippen LogP contribution is 2.22. The third-order valence-electron chi connectivity index (χ3n) is 2.67. The van der Waals surface area contributed by atoms with Gasteiger partial charge in [0, 0.05) is 10.9 Å². The van der Waals surface area contributed by atoms with Crippen molar-refractivity contribution >= 4 is 33.8 Å². The minimum Gasteiger partial charge on any atom is -0.497 e. The quantitative estimate of drug-likeness (QED) is 0.679. The topological polar surface area (TPSA) is 113 Å². The lowest BCUT2D eigenvalue weighted by molar-refractivity contribution is -0.140. The molecular weight excluding hydrogens is 346 g/mol. The number of hydrogen-bond acceptors (Lipinski definition) is 4. The molecule has 0 aromatic heterocycles. The number of benzene rings is 1. The van der Waals surface area contributed by atoms with E-state index in [0.717, 1.165) is 0 Å². The van der Waals surface area contributed by atoms with Crippen molar-refractivity contribution in [2.24, 2.45) is 0 Å². The fourth-order valence-corrected chi connectivity index (χ4v) is 1.99. The first-order valence-electron chi connectivity index (χ1n) is 5.94. The number of nitrogens with one attached hydrogen (secondary N) is 1. The fourth-order valence-electron chi connectivity index (χ4n) is 1.57. The van der Waals surface area contributed by atoms with Crippen LogP contribution in [0.15, 0.2) is 22.7 Å². The Kier molecular flexibility index (Phi) is 6.16. The number of carboxylic acids is 2. The second-order valence-electron chi connectivity index (χ2n) is 4.14. The van der Waals surface area contributed by atoms with E-state index in [1.165, 1.54) is 13.2 Å². The molecule has 0 spiro atoms. The maximum atomic E-state index is 12.1. The van der Waals surface area contributed by atoms with Gasteiger partial charge in [0.15, 0.2) is 0 Å². The number of carbonyl (C=O) groups excluding carboxylic acids is 1. The van der Waals surface area contributed by atoms with Gasteiger partial charge in [-0.2, -0.15) is 0 Å². The van der Waals surface area contributed by atoms with Crippen molar-refractivity contribution < 1.29 is 29.3 Å². The normalized spacial score (nSPS) is 11.5. The minimum absolute atomic E-state index is 0.196. The Morgan fingerprint density at radius 2 is 2.00 bits per heavy atom. The molecule has 0 aliphatic heterocycles. The van der Waals surface area contributed by atoms with Gasteiger partial charge in [0.1, 0.15) is 11.8 Å². The summed E-state index contributed by atoms with van der Waals surface area (Å²) in [4.78, 5) is 33.6. The molecule has 0 aliphatic rings. The van der Waals surface area contributed by atoms with Crippen LogP contribution in [0.4, 0.5) is 0 Å². The van der Waals surface area contributed by atoms with Gasteiger partial charge in [-0.1, -0.05) is 0 Å². The predicted octanol–water partition coefficient (Wildman–Crippen LogP) is 1.51. The average molecular weight is 360 g/mol. The van der Waals surface area contributed by atoms with Crippen molar-refractivity contribution in [3.8, 4) is 5.75 Å². The summed E-state index contributed by atoms with van der Waals surface area (Å²) in [6.45, 7) is 0. The summed E-state index contributed by atoms with van der Waals surface area (Å²) in [5, 5.41) is 19.9. The van der Waals surface area contributed by atoms with Crippen LogP contribution >= 0.6 is 15.9 Å². The van der Waals surface area contributed by atoms with Crippen LogP contribution < -0.4 is 10.1 Å². The van der Waals surface area contributed by atoms with Crippen LogP contribution in [0, 0.1) is 0 Å². The Hall–Kier alpha value is -2.09. The van der Waals surface area contributed by atoms with E-state index in [4.69, 9.17) is 14.9 Å². The van der Waals surface area contributed by atoms with Gasteiger partial charge in [-0.25, -0.2) is 4.79 Å². The molecule has 7 nitrogen and oxygen atoms in total. The largest absolute Gasteiger partial charge is 0.497 e. The Bertz CT molecular complexity index is 560. The third-order valence-corrected chi connectivity index (χ3v) is 3.36. The molecule has 1 aromatic carbocycles. The average Bonchev–Trinajstić information content (AvgIpc) is 2.43. The lowest BCUT2D eigenvalue weighted by atomic mass is 10.1. The molecule has 114 valence electrons. The molecule has 21 heavy (non-hydrogen) atoms. The van der Waals surface area contributed by atoms with E-state index >= 15 is 0 Å². The number of ether oxygens (including phenoxy) is 1. The van der Waals surface area contributed by atoms with E-state index in [-0.39, 0.29) is 18.4 Å². The minimum atomic E-state index is -1.29. The Morgan fingerprint density at radius 3 is 2.52 bits per heavy atom. The summed E-state index contributed by atoms with van der Waals surface area (Å²) in [7, 11) is 1.44. The number of amides is 1. The summed E-state index contributed by atoms with van der Waals surface area (Å²) in [6.07, 6.45) is -0.547. The maximum Gasteiger partial charge on any atom is 0.326 e. The molecule has 8 heteroatoms. The molecule has 0 saturated heterocycles. The molecule has 3 N–H and O–H groups in total. The smallest absolute Gasteiger partial charge is 0.326 e. The van der Waals surface area contributed by atoms with Crippen LogP contribution in [-0.2, 0) is 9.59 Å². The number of halogens is 1. The van der Waals surface area contributed by atoms with Gasteiger partial charge < -0.3 is 20.3 Å². The summed E-state index contributed by atoms with van der Waals surface area (Å²) < 4.78 is 5.47. The molecule has 0 aliphatic carbocycles. The van der Waals surface area contributed by atoms with E-state index in [0.29, 0.717) is 10.2 Å². The molecule has 0 unspecified atom stereocenters. The van der Waals surface area contributed by atoms with Gasteiger partial charge in [-0.15, -0.1) is 0 Å². The van der Waals surface area contributed by atoms with E-state index in [1.54, 1.807) is 12.1 Å². The van der Waals surface area contributed by atoms with E-state index < -0.39 is 23.9 Å². The van der Waals surface area contributed by atoms with Crippen LogP contribution in [0.1, 0.15) is 23.2 Å². The van der Waals surface area contributed by atoms with Crippen molar-refractivity contribution in [3.63, 3.8) is 0 Å². The highest BCUT2D eigenvalue weighted by atomic mass is 79.9. The first-order chi connectivity index (χ1) is 9.85. The lowest BCUT2D eigenvalue weighted by Gasteiger charge is -2.14. The summed E-state index contributed by atoms with van der Waals surface area (Å²) in [6, 6.07) is 3.42. The Balaban J connectivity index is 2.86. The zero-order valence-electron chi connectivity index (χ0n) is 11.1. The van der Waals surface area contributed by atoms with Crippen LogP contribution in [0.3, 0.4) is 0 Å². The molecule has 1 rings (SSSR count). The zero-order chi connectivity index (χ0) is 16.0. The van der Waals surface area contributed by atoms with E-state index in [2.05, 4.69) is 21.2 Å². The maximum absolute atomic E-state index is 12.1. The zero-order valence-corrected chi connectivity index (χ0v) is 12.7. The summed E-state index contributed by atoms with van der Waals surface area (Å²) in [5.41, 5.74) is 0.205. The fraction of sp³-hybridized carbons (Fsp3) is 0.308. The monoisotopic (exact) mass is 359 g/mol. The molecule has 0 fully saturated rings. The lowest BCUT2D eigenvalue weighted by Crippen LogP contribution is -2.41. The summed E-state index contributed by atoms with van der Waals surface area (Å²) >= 11 is 3.19. The van der Waals surface area contributed by atoms with Gasteiger partial charge >= 0.3 is 11.9 Å². The SMILES string of the molecule is COc1ccc(Br)c(C(=O)N[C@@H](CCC(=O)O)C(=O)O)c1. The van der Waals surface area contributed by atoms with Crippen LogP contribution in [-0.4, -0.2) is 41.2 Å². The third kappa shape index (κ3) is 5.07. The van der Waals surface area contributed by atoms with Crippen LogP contribution in [0.5, 0.6) is 5.75 Å². The van der Waals surface area contributed by atoms with Crippen molar-refractivity contribution in [2.75, 3.05) is 7.11 Å². The van der Waals surface area contributed by atoms with Crippen LogP contribution in [0.25, 0.3) is 0 Å². The van der Waals surface area contributed by atoms with Gasteiger partial charge in [0.05, 0.1) is 12.7 Å².